The Balaban J connectivity index is 2.91. The molecule has 18 heavy (non-hydrogen) atoms. The van der Waals surface area contributed by atoms with E-state index in [4.69, 9.17) is 5.11 Å². The lowest BCUT2D eigenvalue weighted by Crippen LogP contribution is -2.10. The van der Waals surface area contributed by atoms with Gasteiger partial charge in [-0.1, -0.05) is 24.3 Å². The Kier molecular flexibility index (Phi) is 4.87. The number of para-hydroxylation sites is 1. The van der Waals surface area contributed by atoms with Crippen LogP contribution in [-0.4, -0.2) is 17.0 Å². The lowest BCUT2D eigenvalue weighted by atomic mass is 10.1. The van der Waals surface area contributed by atoms with Gasteiger partial charge in [-0.2, -0.15) is 0 Å². The molecule has 0 spiro atoms. The fraction of sp³-hybridized carbons (Fsp3) is 0.143. The van der Waals surface area contributed by atoms with Crippen molar-refractivity contribution in [3.8, 4) is 0 Å². The van der Waals surface area contributed by atoms with Crippen LogP contribution in [0.4, 0.5) is 5.69 Å². The third-order valence-corrected chi connectivity index (χ3v) is 2.42. The maximum absolute atomic E-state index is 11.5. The van der Waals surface area contributed by atoms with Crippen LogP contribution in [0.3, 0.4) is 0 Å². The normalized spacial score (nSPS) is 11.6. The maximum Gasteiger partial charge on any atom is 0.328 e. The van der Waals surface area contributed by atoms with Crippen LogP contribution in [0, 0.1) is 0 Å². The molecule has 1 amide bonds. The second-order valence-corrected chi connectivity index (χ2v) is 3.68. The summed E-state index contributed by atoms with van der Waals surface area (Å²) in [4.78, 5) is 21.8. The van der Waals surface area contributed by atoms with Gasteiger partial charge in [0.25, 0.3) is 0 Å². The van der Waals surface area contributed by atoms with Gasteiger partial charge >= 0.3 is 5.97 Å². The number of carboxylic acids is 1. The number of carbonyl (C=O) groups is 2. The van der Waals surface area contributed by atoms with E-state index in [0.29, 0.717) is 5.69 Å². The van der Waals surface area contributed by atoms with Crippen molar-refractivity contribution in [3.05, 3.63) is 48.1 Å². The molecule has 2 N–H and O–H groups in total. The summed E-state index contributed by atoms with van der Waals surface area (Å²) in [6.45, 7) is 3.86. The highest BCUT2D eigenvalue weighted by Crippen LogP contribution is 2.23. The molecule has 0 bridgehead atoms. The van der Waals surface area contributed by atoms with Crippen molar-refractivity contribution in [2.24, 2.45) is 0 Å². The topological polar surface area (TPSA) is 66.4 Å². The Hall–Kier alpha value is -2.36. The van der Waals surface area contributed by atoms with Crippen LogP contribution in [0.1, 0.15) is 19.4 Å². The lowest BCUT2D eigenvalue weighted by Gasteiger charge is -2.09. The summed E-state index contributed by atoms with van der Waals surface area (Å²) in [7, 11) is 0. The van der Waals surface area contributed by atoms with Crippen molar-refractivity contribution >= 4 is 23.1 Å². The first kappa shape index (κ1) is 13.7. The molecular weight excluding hydrogens is 230 g/mol. The standard InChI is InChI=1S/C14H15NO3/c1-3-10(2)11-6-4-5-7-12(11)15-13(16)8-9-14(17)18/h3-9H,1-2H3,(H,15,16)(H,17,18)/b9-8-,10-3-. The quantitative estimate of drug-likeness (QED) is 0.801. The van der Waals surface area contributed by atoms with Crippen molar-refractivity contribution < 1.29 is 14.7 Å². The van der Waals surface area contributed by atoms with E-state index >= 15 is 0 Å². The number of benzene rings is 1. The summed E-state index contributed by atoms with van der Waals surface area (Å²) in [6.07, 6.45) is 3.74. The highest BCUT2D eigenvalue weighted by molar-refractivity contribution is 6.03. The van der Waals surface area contributed by atoms with E-state index in [1.54, 1.807) is 6.07 Å². The molecule has 1 rings (SSSR count). The van der Waals surface area contributed by atoms with E-state index in [0.717, 1.165) is 23.3 Å². The van der Waals surface area contributed by atoms with Gasteiger partial charge in [-0.15, -0.1) is 0 Å². The Morgan fingerprint density at radius 2 is 1.89 bits per heavy atom. The summed E-state index contributed by atoms with van der Waals surface area (Å²) in [5.74, 6) is -1.61. The molecule has 0 radical (unpaired) electrons. The average Bonchev–Trinajstić information content (AvgIpc) is 2.36. The number of nitrogens with one attached hydrogen (secondary N) is 1. The number of allylic oxidation sites excluding steroid dienone is 2. The van der Waals surface area contributed by atoms with Gasteiger partial charge in [-0.05, 0) is 25.5 Å². The summed E-state index contributed by atoms with van der Waals surface area (Å²) in [5, 5.41) is 11.1. The molecule has 0 fully saturated rings. The third-order valence-electron chi connectivity index (χ3n) is 2.42. The smallest absolute Gasteiger partial charge is 0.328 e. The average molecular weight is 245 g/mol. The minimum absolute atomic E-state index is 0.464. The zero-order chi connectivity index (χ0) is 13.5. The van der Waals surface area contributed by atoms with E-state index in [2.05, 4.69) is 5.32 Å². The molecule has 0 heterocycles. The Morgan fingerprint density at radius 3 is 2.50 bits per heavy atom. The maximum atomic E-state index is 11.5. The molecule has 0 unspecified atom stereocenters. The second kappa shape index (κ2) is 6.39. The molecule has 0 aliphatic carbocycles. The van der Waals surface area contributed by atoms with Crippen LogP contribution >= 0.6 is 0 Å². The van der Waals surface area contributed by atoms with Crippen molar-refractivity contribution in [1.29, 1.82) is 0 Å². The molecule has 0 aliphatic heterocycles. The van der Waals surface area contributed by atoms with Crippen LogP contribution in [-0.2, 0) is 9.59 Å². The summed E-state index contributed by atoms with van der Waals surface area (Å²) >= 11 is 0. The van der Waals surface area contributed by atoms with Crippen LogP contribution in [0.5, 0.6) is 0 Å². The van der Waals surface area contributed by atoms with E-state index in [1.807, 2.05) is 38.1 Å². The van der Waals surface area contributed by atoms with Crippen molar-refractivity contribution in [3.63, 3.8) is 0 Å². The molecule has 0 atom stereocenters. The van der Waals surface area contributed by atoms with Gasteiger partial charge in [-0.25, -0.2) is 4.79 Å². The lowest BCUT2D eigenvalue weighted by molar-refractivity contribution is -0.131. The van der Waals surface area contributed by atoms with Crippen LogP contribution in [0.2, 0.25) is 0 Å². The predicted octanol–water partition coefficient (Wildman–Crippen LogP) is 2.69. The van der Waals surface area contributed by atoms with Crippen molar-refractivity contribution in [2.45, 2.75) is 13.8 Å². The fourth-order valence-electron chi connectivity index (χ4n) is 1.41. The first-order chi connectivity index (χ1) is 8.54. The molecule has 0 saturated carbocycles. The largest absolute Gasteiger partial charge is 0.478 e. The number of rotatable bonds is 4. The van der Waals surface area contributed by atoms with Gasteiger partial charge in [0.15, 0.2) is 0 Å². The highest BCUT2D eigenvalue weighted by Gasteiger charge is 2.05. The second-order valence-electron chi connectivity index (χ2n) is 3.68. The monoisotopic (exact) mass is 245 g/mol. The summed E-state index contributed by atoms with van der Waals surface area (Å²) in [5.41, 5.74) is 2.61. The molecule has 4 heteroatoms. The zero-order valence-electron chi connectivity index (χ0n) is 10.3. The minimum Gasteiger partial charge on any atom is -0.478 e. The van der Waals surface area contributed by atoms with Gasteiger partial charge in [0.2, 0.25) is 5.91 Å². The van der Waals surface area contributed by atoms with Gasteiger partial charge < -0.3 is 10.4 Å². The van der Waals surface area contributed by atoms with E-state index in [9.17, 15) is 9.59 Å². The molecule has 0 saturated heterocycles. The Labute approximate surface area is 106 Å². The van der Waals surface area contributed by atoms with Crippen molar-refractivity contribution in [1.82, 2.24) is 0 Å². The van der Waals surface area contributed by atoms with Gasteiger partial charge in [0.1, 0.15) is 0 Å². The van der Waals surface area contributed by atoms with Crippen LogP contribution < -0.4 is 5.32 Å². The van der Waals surface area contributed by atoms with E-state index in [1.165, 1.54) is 0 Å². The van der Waals surface area contributed by atoms with Crippen molar-refractivity contribution in [2.75, 3.05) is 5.32 Å². The van der Waals surface area contributed by atoms with Crippen LogP contribution in [0.15, 0.2) is 42.5 Å². The molecule has 0 aliphatic rings. The first-order valence-corrected chi connectivity index (χ1v) is 5.49. The summed E-state index contributed by atoms with van der Waals surface area (Å²) in [6, 6.07) is 7.36. The highest BCUT2D eigenvalue weighted by atomic mass is 16.4. The molecular formula is C14H15NO3. The fourth-order valence-corrected chi connectivity index (χ4v) is 1.41. The summed E-state index contributed by atoms with van der Waals surface area (Å²) < 4.78 is 0. The molecule has 1 aromatic rings. The first-order valence-electron chi connectivity index (χ1n) is 5.49. The number of amides is 1. The number of anilines is 1. The third kappa shape index (κ3) is 3.90. The van der Waals surface area contributed by atoms with Gasteiger partial charge in [0.05, 0.1) is 0 Å². The van der Waals surface area contributed by atoms with Gasteiger partial charge in [-0.3, -0.25) is 4.79 Å². The van der Waals surface area contributed by atoms with E-state index < -0.39 is 11.9 Å². The number of hydrogen-bond acceptors (Lipinski definition) is 2. The minimum atomic E-state index is -1.15. The molecule has 4 nitrogen and oxygen atoms in total. The number of hydrogen-bond donors (Lipinski definition) is 2. The van der Waals surface area contributed by atoms with Crippen LogP contribution in [0.25, 0.3) is 5.57 Å². The number of carboxylic acid groups (broad SMARTS) is 1. The predicted molar refractivity (Wildman–Crippen MR) is 71.2 cm³/mol. The molecule has 0 aromatic heterocycles. The Morgan fingerprint density at radius 1 is 1.22 bits per heavy atom. The zero-order valence-corrected chi connectivity index (χ0v) is 10.3. The molecule has 1 aromatic carbocycles. The Bertz CT molecular complexity index is 516. The number of aliphatic carboxylic acids is 1. The van der Waals surface area contributed by atoms with Gasteiger partial charge in [0, 0.05) is 23.4 Å². The van der Waals surface area contributed by atoms with E-state index in [-0.39, 0.29) is 0 Å². The number of carbonyl (C=O) groups excluding carboxylic acids is 1. The SMILES string of the molecule is C/C=C(/C)c1ccccc1NC(=O)/C=C\C(=O)O. The molecule has 94 valence electrons.